The molecule has 84 valence electrons. The van der Waals surface area contributed by atoms with Gasteiger partial charge in [-0.1, -0.05) is 17.7 Å². The van der Waals surface area contributed by atoms with Crippen molar-refractivity contribution in [3.05, 3.63) is 41.0 Å². The zero-order chi connectivity index (χ0) is 12.2. The lowest BCUT2D eigenvalue weighted by atomic mass is 10.2. The first kappa shape index (κ1) is 12.3. The topological polar surface area (TPSA) is 67.2 Å². The summed E-state index contributed by atoms with van der Waals surface area (Å²) in [5.41, 5.74) is 0.952. The van der Waals surface area contributed by atoms with Crippen molar-refractivity contribution in [3.8, 4) is 6.07 Å². The van der Waals surface area contributed by atoms with Gasteiger partial charge in [0, 0.05) is 0 Å². The summed E-state index contributed by atoms with van der Waals surface area (Å²) in [5, 5.41) is 8.73. The number of ether oxygens (including phenoxy) is 1. The van der Waals surface area contributed by atoms with Crippen LogP contribution >= 0.6 is 0 Å². The molecule has 0 N–H and O–H groups in total. The second-order valence-corrected chi connectivity index (χ2v) is 5.06. The maximum atomic E-state index is 11.9. The minimum atomic E-state index is -3.76. The van der Waals surface area contributed by atoms with Crippen LogP contribution in [0, 0.1) is 18.3 Å². The molecule has 1 aromatic carbocycles. The van der Waals surface area contributed by atoms with Gasteiger partial charge in [-0.3, -0.25) is 0 Å². The molecule has 0 saturated heterocycles. The summed E-state index contributed by atoms with van der Waals surface area (Å²) < 4.78 is 28.4. The number of rotatable bonds is 3. The summed E-state index contributed by atoms with van der Waals surface area (Å²) in [6, 6.07) is 7.88. The second kappa shape index (κ2) is 4.81. The van der Waals surface area contributed by atoms with Crippen LogP contribution in [0.3, 0.4) is 0 Å². The van der Waals surface area contributed by atoms with Crippen LogP contribution in [-0.4, -0.2) is 15.5 Å². The van der Waals surface area contributed by atoms with E-state index in [1.165, 1.54) is 19.2 Å². The van der Waals surface area contributed by atoms with Crippen LogP contribution in [0.5, 0.6) is 0 Å². The van der Waals surface area contributed by atoms with Gasteiger partial charge < -0.3 is 4.74 Å². The van der Waals surface area contributed by atoms with Crippen LogP contribution in [0.2, 0.25) is 0 Å². The van der Waals surface area contributed by atoms with Crippen LogP contribution < -0.4 is 0 Å². The van der Waals surface area contributed by atoms with Crippen molar-refractivity contribution in [2.75, 3.05) is 7.11 Å². The van der Waals surface area contributed by atoms with E-state index < -0.39 is 14.7 Å². The van der Waals surface area contributed by atoms with Crippen molar-refractivity contribution < 1.29 is 13.2 Å². The summed E-state index contributed by atoms with van der Waals surface area (Å²) in [6.07, 6.45) is 0.926. The number of sulfone groups is 1. The van der Waals surface area contributed by atoms with Crippen molar-refractivity contribution in [1.82, 2.24) is 0 Å². The molecule has 1 aromatic rings. The predicted octanol–water partition coefficient (Wildman–Crippen LogP) is 1.78. The summed E-state index contributed by atoms with van der Waals surface area (Å²) in [6.45, 7) is 1.85. The summed E-state index contributed by atoms with van der Waals surface area (Å²) >= 11 is 0. The summed E-state index contributed by atoms with van der Waals surface area (Å²) in [5.74, 6) is 0. The third-order valence-corrected chi connectivity index (χ3v) is 3.62. The summed E-state index contributed by atoms with van der Waals surface area (Å²) in [7, 11) is -2.46. The predicted molar refractivity (Wildman–Crippen MR) is 59.1 cm³/mol. The molecule has 0 aliphatic rings. The Labute approximate surface area is 94.7 Å². The van der Waals surface area contributed by atoms with Gasteiger partial charge in [-0.25, -0.2) is 8.42 Å². The molecule has 0 fully saturated rings. The Kier molecular flexibility index (Phi) is 3.69. The lowest BCUT2D eigenvalue weighted by Gasteiger charge is -2.02. The zero-order valence-corrected chi connectivity index (χ0v) is 9.78. The first-order valence-corrected chi connectivity index (χ1v) is 5.95. The SMILES string of the molecule is CO/C=C(\C#N)S(=O)(=O)c1ccc(C)cc1. The molecule has 0 aromatic heterocycles. The molecule has 0 spiro atoms. The normalized spacial score (nSPS) is 11.9. The fourth-order valence-corrected chi connectivity index (χ4v) is 2.19. The first-order valence-electron chi connectivity index (χ1n) is 4.47. The monoisotopic (exact) mass is 237 g/mol. The highest BCUT2D eigenvalue weighted by Gasteiger charge is 2.20. The highest BCUT2D eigenvalue weighted by molar-refractivity contribution is 7.95. The number of hydrogen-bond acceptors (Lipinski definition) is 4. The van der Waals surface area contributed by atoms with Crippen LogP contribution in [0.25, 0.3) is 0 Å². The van der Waals surface area contributed by atoms with Crippen LogP contribution in [0.15, 0.2) is 40.3 Å². The van der Waals surface area contributed by atoms with Gasteiger partial charge in [-0.2, -0.15) is 5.26 Å². The number of nitriles is 1. The van der Waals surface area contributed by atoms with Crippen LogP contribution in [-0.2, 0) is 14.6 Å². The highest BCUT2D eigenvalue weighted by Crippen LogP contribution is 2.18. The van der Waals surface area contributed by atoms with Gasteiger partial charge in [0.1, 0.15) is 12.3 Å². The molecule has 0 aliphatic heterocycles. The third-order valence-electron chi connectivity index (χ3n) is 1.96. The molecule has 0 aliphatic carbocycles. The van der Waals surface area contributed by atoms with E-state index in [1.54, 1.807) is 18.2 Å². The number of methoxy groups -OCH3 is 1. The molecule has 4 nitrogen and oxygen atoms in total. The van der Waals surface area contributed by atoms with Crippen molar-refractivity contribution in [1.29, 1.82) is 5.26 Å². The molecule has 1 rings (SSSR count). The second-order valence-electron chi connectivity index (χ2n) is 3.15. The Bertz CT molecular complexity index is 536. The first-order chi connectivity index (χ1) is 7.52. The Morgan fingerprint density at radius 2 is 1.94 bits per heavy atom. The van der Waals surface area contributed by atoms with Gasteiger partial charge in [0.05, 0.1) is 12.0 Å². The Hall–Kier alpha value is -1.80. The van der Waals surface area contributed by atoms with Crippen molar-refractivity contribution in [2.45, 2.75) is 11.8 Å². The lowest BCUT2D eigenvalue weighted by Crippen LogP contribution is -2.03. The van der Waals surface area contributed by atoms with Gasteiger partial charge in [-0.15, -0.1) is 0 Å². The molecule has 0 atom stereocenters. The molecule has 0 amide bonds. The molecule has 0 radical (unpaired) electrons. The molecular formula is C11H11NO3S. The highest BCUT2D eigenvalue weighted by atomic mass is 32.2. The Balaban J connectivity index is 3.27. The van der Waals surface area contributed by atoms with E-state index in [4.69, 9.17) is 5.26 Å². The van der Waals surface area contributed by atoms with Gasteiger partial charge in [0.2, 0.25) is 9.84 Å². The number of aryl methyl sites for hydroxylation is 1. The molecule has 16 heavy (non-hydrogen) atoms. The number of benzene rings is 1. The number of allylic oxidation sites excluding steroid dienone is 1. The van der Waals surface area contributed by atoms with Crippen molar-refractivity contribution >= 4 is 9.84 Å². The number of hydrogen-bond donors (Lipinski definition) is 0. The fourth-order valence-electron chi connectivity index (χ4n) is 1.10. The molecule has 0 unspecified atom stereocenters. The minimum Gasteiger partial charge on any atom is -0.502 e. The van der Waals surface area contributed by atoms with Gasteiger partial charge >= 0.3 is 0 Å². The van der Waals surface area contributed by atoms with E-state index in [1.807, 2.05) is 6.92 Å². The quantitative estimate of drug-likeness (QED) is 0.593. The fraction of sp³-hybridized carbons (Fsp3) is 0.182. The molecular weight excluding hydrogens is 226 g/mol. The molecule has 5 heteroatoms. The minimum absolute atomic E-state index is 0.0861. The van der Waals surface area contributed by atoms with Gasteiger partial charge in [0.25, 0.3) is 0 Å². The van der Waals surface area contributed by atoms with Crippen molar-refractivity contribution in [3.63, 3.8) is 0 Å². The maximum Gasteiger partial charge on any atom is 0.219 e. The van der Waals surface area contributed by atoms with E-state index in [-0.39, 0.29) is 4.90 Å². The lowest BCUT2D eigenvalue weighted by molar-refractivity contribution is 0.337. The third kappa shape index (κ3) is 2.41. The number of nitrogens with zero attached hydrogens (tertiary/aromatic N) is 1. The standard InChI is InChI=1S/C11H11NO3S/c1-9-3-5-10(6-4-9)16(13,14)11(7-12)8-15-2/h3-6,8H,1-2H3/b11-8+. The summed E-state index contributed by atoms with van der Waals surface area (Å²) in [4.78, 5) is -0.318. The van der Waals surface area contributed by atoms with E-state index in [0.717, 1.165) is 11.8 Å². The maximum absolute atomic E-state index is 11.9. The van der Waals surface area contributed by atoms with Crippen LogP contribution in [0.1, 0.15) is 5.56 Å². The Morgan fingerprint density at radius 1 is 1.38 bits per heavy atom. The van der Waals surface area contributed by atoms with Crippen LogP contribution in [0.4, 0.5) is 0 Å². The van der Waals surface area contributed by atoms with Crippen molar-refractivity contribution in [2.24, 2.45) is 0 Å². The molecule has 0 saturated carbocycles. The molecule has 0 bridgehead atoms. The average molecular weight is 237 g/mol. The smallest absolute Gasteiger partial charge is 0.219 e. The van der Waals surface area contributed by atoms with E-state index >= 15 is 0 Å². The largest absolute Gasteiger partial charge is 0.502 e. The average Bonchev–Trinajstić information content (AvgIpc) is 2.26. The van der Waals surface area contributed by atoms with E-state index in [9.17, 15) is 8.42 Å². The van der Waals surface area contributed by atoms with E-state index in [0.29, 0.717) is 0 Å². The zero-order valence-electron chi connectivity index (χ0n) is 8.97. The Morgan fingerprint density at radius 3 is 2.38 bits per heavy atom. The van der Waals surface area contributed by atoms with Gasteiger partial charge in [0.15, 0.2) is 4.91 Å². The van der Waals surface area contributed by atoms with Gasteiger partial charge in [-0.05, 0) is 19.1 Å². The van der Waals surface area contributed by atoms with E-state index in [2.05, 4.69) is 4.74 Å². The molecule has 0 heterocycles.